The molecule has 1 saturated heterocycles. The van der Waals surface area contributed by atoms with Crippen LogP contribution in [0.4, 0.5) is 0 Å². The van der Waals surface area contributed by atoms with Crippen LogP contribution in [0.25, 0.3) is 0 Å². The number of nitrogens with zero attached hydrogens (tertiary/aromatic N) is 4. The Morgan fingerprint density at radius 1 is 1.40 bits per heavy atom. The third kappa shape index (κ3) is 3.79. The maximum atomic E-state index is 12.3. The monoisotopic (exact) mass is 279 g/mol. The number of rotatable bonds is 4. The van der Waals surface area contributed by atoms with Gasteiger partial charge >= 0.3 is 0 Å². The van der Waals surface area contributed by atoms with Crippen molar-refractivity contribution in [2.24, 2.45) is 0 Å². The summed E-state index contributed by atoms with van der Waals surface area (Å²) in [6.07, 6.45) is 4.07. The fourth-order valence-corrected chi connectivity index (χ4v) is 2.25. The molecule has 1 atom stereocenters. The van der Waals surface area contributed by atoms with Gasteiger partial charge in [0.2, 0.25) is 5.91 Å². The number of nitrogens with one attached hydrogen (secondary N) is 1. The Kier molecular flexibility index (Phi) is 4.42. The topological polar surface area (TPSA) is 63.1 Å². The average molecular weight is 279 g/mol. The second-order valence-corrected chi connectivity index (χ2v) is 6.50. The summed E-state index contributed by atoms with van der Waals surface area (Å²) in [5, 5.41) is 11.6. The van der Waals surface area contributed by atoms with Crippen LogP contribution in [0.1, 0.15) is 52.3 Å². The lowest BCUT2D eigenvalue weighted by atomic mass is 10.1. The Morgan fingerprint density at radius 2 is 2.05 bits per heavy atom. The normalized spacial score (nSPS) is 17.5. The predicted molar refractivity (Wildman–Crippen MR) is 77.1 cm³/mol. The van der Waals surface area contributed by atoms with Crippen LogP contribution >= 0.6 is 0 Å². The second-order valence-electron chi connectivity index (χ2n) is 6.50. The van der Waals surface area contributed by atoms with Gasteiger partial charge in [-0.1, -0.05) is 5.21 Å². The van der Waals surface area contributed by atoms with E-state index in [1.807, 2.05) is 18.0 Å². The first-order valence-corrected chi connectivity index (χ1v) is 7.31. The maximum Gasteiger partial charge on any atom is 0.247 e. The molecule has 1 aliphatic heterocycles. The molecule has 6 nitrogen and oxygen atoms in total. The van der Waals surface area contributed by atoms with Gasteiger partial charge in [-0.25, -0.2) is 4.68 Å². The van der Waals surface area contributed by atoms with Crippen LogP contribution < -0.4 is 5.32 Å². The van der Waals surface area contributed by atoms with Crippen LogP contribution in [0.15, 0.2) is 6.20 Å². The van der Waals surface area contributed by atoms with E-state index >= 15 is 0 Å². The largest absolute Gasteiger partial charge is 0.341 e. The highest BCUT2D eigenvalue weighted by atomic mass is 16.2. The average Bonchev–Trinajstić information content (AvgIpc) is 3.04. The Labute approximate surface area is 120 Å². The van der Waals surface area contributed by atoms with Crippen molar-refractivity contribution in [1.82, 2.24) is 25.2 Å². The number of carbonyl (C=O) groups is 1. The van der Waals surface area contributed by atoms with E-state index < -0.39 is 0 Å². The van der Waals surface area contributed by atoms with Gasteiger partial charge < -0.3 is 10.2 Å². The van der Waals surface area contributed by atoms with Crippen LogP contribution in [-0.2, 0) is 11.3 Å². The fraction of sp³-hybridized carbons (Fsp3) is 0.786. The summed E-state index contributed by atoms with van der Waals surface area (Å²) in [5.41, 5.74) is 0.904. The Hall–Kier alpha value is -1.43. The number of hydrogen-bond acceptors (Lipinski definition) is 4. The van der Waals surface area contributed by atoms with E-state index in [-0.39, 0.29) is 17.5 Å². The van der Waals surface area contributed by atoms with E-state index in [0.717, 1.165) is 31.6 Å². The molecule has 1 unspecified atom stereocenters. The molecule has 2 rings (SSSR count). The van der Waals surface area contributed by atoms with Crippen LogP contribution in [0.2, 0.25) is 0 Å². The minimum absolute atomic E-state index is 0.0424. The predicted octanol–water partition coefficient (Wildman–Crippen LogP) is 1.35. The van der Waals surface area contributed by atoms with Crippen molar-refractivity contribution in [1.29, 1.82) is 0 Å². The summed E-state index contributed by atoms with van der Waals surface area (Å²) >= 11 is 0. The zero-order chi connectivity index (χ0) is 14.8. The highest BCUT2D eigenvalue weighted by Crippen LogP contribution is 2.15. The quantitative estimate of drug-likeness (QED) is 0.903. The van der Waals surface area contributed by atoms with Crippen molar-refractivity contribution in [2.75, 3.05) is 13.1 Å². The van der Waals surface area contributed by atoms with E-state index in [0.29, 0.717) is 6.54 Å². The van der Waals surface area contributed by atoms with Gasteiger partial charge in [0.25, 0.3) is 0 Å². The third-order valence-electron chi connectivity index (χ3n) is 3.53. The number of carbonyl (C=O) groups excluding carboxylic acids is 1. The maximum absolute atomic E-state index is 12.3. The molecule has 0 saturated carbocycles. The van der Waals surface area contributed by atoms with Gasteiger partial charge in [0.15, 0.2) is 0 Å². The number of likely N-dealkylation sites (tertiary alicyclic amines) is 1. The van der Waals surface area contributed by atoms with Gasteiger partial charge in [0, 0.05) is 25.2 Å². The van der Waals surface area contributed by atoms with Crippen LogP contribution in [0.3, 0.4) is 0 Å². The molecule has 1 aromatic rings. The molecule has 2 heterocycles. The summed E-state index contributed by atoms with van der Waals surface area (Å²) in [6.45, 7) is 10.6. The van der Waals surface area contributed by atoms with Gasteiger partial charge in [-0.3, -0.25) is 4.79 Å². The molecule has 1 aromatic heterocycles. The fourth-order valence-electron chi connectivity index (χ4n) is 2.25. The molecule has 1 amide bonds. The Balaban J connectivity index is 1.95. The molecular weight excluding hydrogens is 254 g/mol. The summed E-state index contributed by atoms with van der Waals surface area (Å²) < 4.78 is 1.67. The molecule has 0 radical (unpaired) electrons. The number of hydrogen-bond donors (Lipinski definition) is 1. The SMILES string of the molecule is CC(C(=O)N1CCCC1)n1cc(CNC(C)(C)C)nn1. The standard InChI is InChI=1S/C14H25N5O/c1-11(13(20)18-7-5-6-8-18)19-10-12(16-17-19)9-15-14(2,3)4/h10-11,15H,5-9H2,1-4H3. The van der Waals surface area contributed by atoms with Crippen molar-refractivity contribution in [3.8, 4) is 0 Å². The molecule has 0 aliphatic carbocycles. The first-order chi connectivity index (χ1) is 9.37. The van der Waals surface area contributed by atoms with Gasteiger partial charge in [-0.15, -0.1) is 5.10 Å². The highest BCUT2D eigenvalue weighted by Gasteiger charge is 2.25. The van der Waals surface area contributed by atoms with Crippen LogP contribution in [-0.4, -0.2) is 44.4 Å². The Bertz CT molecular complexity index is 456. The van der Waals surface area contributed by atoms with Gasteiger partial charge in [0.1, 0.15) is 6.04 Å². The molecule has 0 bridgehead atoms. The Morgan fingerprint density at radius 3 is 2.65 bits per heavy atom. The molecule has 1 aliphatic rings. The van der Waals surface area contributed by atoms with Crippen LogP contribution in [0, 0.1) is 0 Å². The van der Waals surface area contributed by atoms with Crippen LogP contribution in [0.5, 0.6) is 0 Å². The molecule has 1 fully saturated rings. The van der Waals surface area contributed by atoms with Crippen molar-refractivity contribution in [2.45, 2.75) is 58.7 Å². The summed E-state index contributed by atoms with van der Waals surface area (Å²) in [5.74, 6) is 0.141. The molecule has 20 heavy (non-hydrogen) atoms. The lowest BCUT2D eigenvalue weighted by Gasteiger charge is -2.20. The second kappa shape index (κ2) is 5.91. The molecule has 1 N–H and O–H groups in total. The lowest BCUT2D eigenvalue weighted by molar-refractivity contribution is -0.133. The first-order valence-electron chi connectivity index (χ1n) is 7.31. The van der Waals surface area contributed by atoms with E-state index in [4.69, 9.17) is 0 Å². The first kappa shape index (κ1) is 15.0. The molecular formula is C14H25N5O. The van der Waals surface area contributed by atoms with E-state index in [1.54, 1.807) is 4.68 Å². The third-order valence-corrected chi connectivity index (χ3v) is 3.53. The highest BCUT2D eigenvalue weighted by molar-refractivity contribution is 5.80. The summed E-state index contributed by atoms with van der Waals surface area (Å²) in [7, 11) is 0. The van der Waals surface area contributed by atoms with E-state index in [2.05, 4.69) is 36.4 Å². The smallest absolute Gasteiger partial charge is 0.247 e. The van der Waals surface area contributed by atoms with E-state index in [1.165, 1.54) is 0 Å². The lowest BCUT2D eigenvalue weighted by Crippen LogP contribution is -2.35. The van der Waals surface area contributed by atoms with Gasteiger partial charge in [0.05, 0.1) is 11.9 Å². The zero-order valence-electron chi connectivity index (χ0n) is 12.9. The summed E-state index contributed by atoms with van der Waals surface area (Å²) in [6, 6.07) is -0.274. The molecule has 6 heteroatoms. The van der Waals surface area contributed by atoms with Crippen molar-refractivity contribution in [3.05, 3.63) is 11.9 Å². The number of aromatic nitrogens is 3. The van der Waals surface area contributed by atoms with Crippen molar-refractivity contribution >= 4 is 5.91 Å². The van der Waals surface area contributed by atoms with Gasteiger partial charge in [-0.05, 0) is 40.5 Å². The molecule has 112 valence electrons. The van der Waals surface area contributed by atoms with Crippen molar-refractivity contribution < 1.29 is 4.79 Å². The zero-order valence-corrected chi connectivity index (χ0v) is 12.9. The minimum Gasteiger partial charge on any atom is -0.341 e. The number of amides is 1. The minimum atomic E-state index is -0.274. The van der Waals surface area contributed by atoms with E-state index in [9.17, 15) is 4.79 Å². The molecule has 0 aromatic carbocycles. The molecule has 0 spiro atoms. The van der Waals surface area contributed by atoms with Crippen molar-refractivity contribution in [3.63, 3.8) is 0 Å². The summed E-state index contributed by atoms with van der Waals surface area (Å²) in [4.78, 5) is 14.2. The van der Waals surface area contributed by atoms with Gasteiger partial charge in [-0.2, -0.15) is 0 Å².